The first-order valence-electron chi connectivity index (χ1n) is 11.9. The number of anilines is 2. The number of rotatable bonds is 7. The molecule has 1 fully saturated rings. The van der Waals surface area contributed by atoms with Crippen LogP contribution in [0.5, 0.6) is 0 Å². The number of nitrogens with zero attached hydrogens (tertiary/aromatic N) is 2. The summed E-state index contributed by atoms with van der Waals surface area (Å²) in [4.78, 5) is 37.5. The number of hydrogen-bond donors (Lipinski definition) is 2. The van der Waals surface area contributed by atoms with Crippen molar-refractivity contribution >= 4 is 50.6 Å². The summed E-state index contributed by atoms with van der Waals surface area (Å²) in [6, 6.07) is 8.08. The van der Waals surface area contributed by atoms with Crippen molar-refractivity contribution in [2.24, 2.45) is 0 Å². The zero-order chi connectivity index (χ0) is 22.6. The molecule has 1 aliphatic carbocycles. The number of amides is 1. The average Bonchev–Trinajstić information content (AvgIpc) is 3.22. The Balaban J connectivity index is 1.15. The molecule has 1 amide bonds. The summed E-state index contributed by atoms with van der Waals surface area (Å²) < 4.78 is 0. The first-order chi connectivity index (χ1) is 16.2. The highest BCUT2D eigenvalue weighted by Crippen LogP contribution is 2.33. The Kier molecular flexibility index (Phi) is 7.02. The number of aromatic nitrogens is 2. The van der Waals surface area contributed by atoms with Gasteiger partial charge in [0.25, 0.3) is 5.56 Å². The smallest absolute Gasteiger partial charge is 0.259 e. The Morgan fingerprint density at radius 1 is 1.12 bits per heavy atom. The van der Waals surface area contributed by atoms with Crippen LogP contribution in [0.1, 0.15) is 54.8 Å². The van der Waals surface area contributed by atoms with Gasteiger partial charge in [0, 0.05) is 30.1 Å². The van der Waals surface area contributed by atoms with E-state index < -0.39 is 0 Å². The van der Waals surface area contributed by atoms with E-state index in [9.17, 15) is 9.59 Å². The summed E-state index contributed by atoms with van der Waals surface area (Å²) in [6.07, 6.45) is 8.53. The third-order valence-corrected chi connectivity index (χ3v) is 8.62. The summed E-state index contributed by atoms with van der Waals surface area (Å²) in [5.41, 5.74) is 3.22. The summed E-state index contributed by atoms with van der Waals surface area (Å²) in [6.45, 7) is 2.09. The minimum Gasteiger partial charge on any atom is -0.370 e. The number of aromatic amines is 1. The van der Waals surface area contributed by atoms with Crippen molar-refractivity contribution in [3.8, 4) is 0 Å². The second kappa shape index (κ2) is 10.3. The van der Waals surface area contributed by atoms with Gasteiger partial charge in [-0.3, -0.25) is 9.59 Å². The Bertz CT molecular complexity index is 1200. The number of nitrogens with one attached hydrogen (secondary N) is 2. The maximum Gasteiger partial charge on any atom is 0.259 e. The maximum absolute atomic E-state index is 12.7. The number of para-hydroxylation sites is 2. The first-order valence-corrected chi connectivity index (χ1v) is 13.9. The van der Waals surface area contributed by atoms with Gasteiger partial charge in [-0.05, 0) is 62.6 Å². The van der Waals surface area contributed by atoms with Gasteiger partial charge in [0.2, 0.25) is 5.91 Å². The van der Waals surface area contributed by atoms with Gasteiger partial charge in [0.05, 0.1) is 22.5 Å². The molecule has 33 heavy (non-hydrogen) atoms. The molecule has 0 bridgehead atoms. The minimum absolute atomic E-state index is 0.0120. The molecular formula is C25H30N4O2S2. The molecule has 1 aliphatic heterocycles. The lowest BCUT2D eigenvalue weighted by molar-refractivity contribution is -0.115. The van der Waals surface area contributed by atoms with Crippen LogP contribution in [0.15, 0.2) is 29.1 Å². The number of fused-ring (bicyclic) bond motifs is 3. The minimum atomic E-state index is -0.0120. The van der Waals surface area contributed by atoms with E-state index in [2.05, 4.69) is 21.3 Å². The third kappa shape index (κ3) is 5.11. The molecule has 0 atom stereocenters. The van der Waals surface area contributed by atoms with Crippen LogP contribution >= 0.6 is 23.1 Å². The zero-order valence-corrected chi connectivity index (χ0v) is 20.5. The van der Waals surface area contributed by atoms with Gasteiger partial charge in [-0.1, -0.05) is 12.1 Å². The average molecular weight is 483 g/mol. The monoisotopic (exact) mass is 482 g/mol. The second-order valence-corrected chi connectivity index (χ2v) is 11.0. The number of thiophene rings is 1. The van der Waals surface area contributed by atoms with Crippen molar-refractivity contribution in [3.05, 3.63) is 50.9 Å². The molecule has 2 N–H and O–H groups in total. The van der Waals surface area contributed by atoms with Crippen LogP contribution in [-0.4, -0.2) is 34.7 Å². The van der Waals surface area contributed by atoms with Crippen molar-refractivity contribution in [2.45, 2.75) is 57.1 Å². The summed E-state index contributed by atoms with van der Waals surface area (Å²) in [7, 11) is 0. The molecule has 3 aromatic rings. The third-order valence-electron chi connectivity index (χ3n) is 6.46. The molecule has 0 radical (unpaired) electrons. The fourth-order valence-corrected chi connectivity index (χ4v) is 6.90. The van der Waals surface area contributed by atoms with Gasteiger partial charge in [0.1, 0.15) is 10.7 Å². The lowest BCUT2D eigenvalue weighted by atomic mass is 9.97. The number of carbonyl (C=O) groups is 1. The normalized spacial score (nSPS) is 16.1. The van der Waals surface area contributed by atoms with Gasteiger partial charge < -0.3 is 15.2 Å². The van der Waals surface area contributed by atoms with E-state index in [0.29, 0.717) is 23.8 Å². The van der Waals surface area contributed by atoms with E-state index in [4.69, 9.17) is 4.98 Å². The number of H-pyrrole nitrogens is 1. The molecule has 3 heterocycles. The number of thioether (sulfide) groups is 1. The van der Waals surface area contributed by atoms with Crippen molar-refractivity contribution in [3.63, 3.8) is 0 Å². The first kappa shape index (κ1) is 22.5. The number of benzene rings is 1. The van der Waals surface area contributed by atoms with Crippen LogP contribution in [-0.2, 0) is 23.4 Å². The SMILES string of the molecule is O=C(CCSCc1nc2sc3c(c2c(=O)[nH]1)CCCC3)Nc1ccccc1N1CCCCC1. The van der Waals surface area contributed by atoms with Crippen LogP contribution < -0.4 is 15.8 Å². The summed E-state index contributed by atoms with van der Waals surface area (Å²) in [5, 5.41) is 3.90. The molecule has 0 spiro atoms. The van der Waals surface area contributed by atoms with E-state index in [1.165, 1.54) is 36.1 Å². The van der Waals surface area contributed by atoms with Gasteiger partial charge in [-0.15, -0.1) is 11.3 Å². The second-order valence-electron chi connectivity index (χ2n) is 8.82. The fourth-order valence-electron chi connectivity index (χ4n) is 4.81. The van der Waals surface area contributed by atoms with Gasteiger partial charge >= 0.3 is 0 Å². The molecule has 2 aliphatic rings. The van der Waals surface area contributed by atoms with Gasteiger partial charge in [-0.2, -0.15) is 11.8 Å². The number of aryl methyl sites for hydroxylation is 2. The van der Waals surface area contributed by atoms with E-state index in [-0.39, 0.29) is 11.5 Å². The van der Waals surface area contributed by atoms with Crippen molar-refractivity contribution in [1.82, 2.24) is 9.97 Å². The van der Waals surface area contributed by atoms with Gasteiger partial charge in [0.15, 0.2) is 0 Å². The summed E-state index contributed by atoms with van der Waals surface area (Å²) in [5.74, 6) is 2.01. The Morgan fingerprint density at radius 3 is 2.82 bits per heavy atom. The van der Waals surface area contributed by atoms with E-state index in [1.807, 2.05) is 18.2 Å². The Labute approximate surface area is 202 Å². The molecule has 8 heteroatoms. The molecule has 6 nitrogen and oxygen atoms in total. The van der Waals surface area contributed by atoms with E-state index in [1.54, 1.807) is 23.1 Å². The highest BCUT2D eigenvalue weighted by Gasteiger charge is 2.20. The van der Waals surface area contributed by atoms with Gasteiger partial charge in [-0.25, -0.2) is 4.98 Å². The molecule has 1 aromatic carbocycles. The van der Waals surface area contributed by atoms with Crippen molar-refractivity contribution in [2.75, 3.05) is 29.1 Å². The Hall–Kier alpha value is -2.32. The van der Waals surface area contributed by atoms with E-state index in [0.717, 1.165) is 53.9 Å². The predicted molar refractivity (Wildman–Crippen MR) is 139 cm³/mol. The molecule has 174 valence electrons. The standard InChI is InChI=1S/C25H30N4O2S2/c30-22(26-18-9-3-4-10-19(18)29-13-6-1-7-14-29)12-15-32-16-21-27-24(31)23-17-8-2-5-11-20(17)33-25(23)28-21/h3-4,9-10H,1-2,5-8,11-16H2,(H,26,30)(H,27,28,31). The largest absolute Gasteiger partial charge is 0.370 e. The highest BCUT2D eigenvalue weighted by molar-refractivity contribution is 7.98. The summed E-state index contributed by atoms with van der Waals surface area (Å²) >= 11 is 3.31. The highest BCUT2D eigenvalue weighted by atomic mass is 32.2. The molecule has 1 saturated heterocycles. The van der Waals surface area contributed by atoms with Crippen LogP contribution in [0.3, 0.4) is 0 Å². The molecule has 0 unspecified atom stereocenters. The number of hydrogen-bond acceptors (Lipinski definition) is 6. The maximum atomic E-state index is 12.7. The lowest BCUT2D eigenvalue weighted by Gasteiger charge is -2.30. The van der Waals surface area contributed by atoms with Crippen LogP contribution in [0.2, 0.25) is 0 Å². The van der Waals surface area contributed by atoms with Crippen LogP contribution in [0, 0.1) is 0 Å². The Morgan fingerprint density at radius 2 is 1.94 bits per heavy atom. The van der Waals surface area contributed by atoms with Crippen LogP contribution in [0.4, 0.5) is 11.4 Å². The zero-order valence-electron chi connectivity index (χ0n) is 18.8. The number of carbonyl (C=O) groups excluding carboxylic acids is 1. The quantitative estimate of drug-likeness (QED) is 0.457. The van der Waals surface area contributed by atoms with Crippen molar-refractivity contribution < 1.29 is 4.79 Å². The van der Waals surface area contributed by atoms with Crippen LogP contribution in [0.25, 0.3) is 10.2 Å². The fraction of sp³-hybridized carbons (Fsp3) is 0.480. The molecular weight excluding hydrogens is 452 g/mol. The molecule has 5 rings (SSSR count). The predicted octanol–water partition coefficient (Wildman–Crippen LogP) is 5.12. The topological polar surface area (TPSA) is 78.1 Å². The van der Waals surface area contributed by atoms with E-state index >= 15 is 0 Å². The number of piperidine rings is 1. The molecule has 2 aromatic heterocycles. The van der Waals surface area contributed by atoms with Crippen molar-refractivity contribution in [1.29, 1.82) is 0 Å². The molecule has 0 saturated carbocycles. The lowest BCUT2D eigenvalue weighted by Crippen LogP contribution is -2.30.